The Morgan fingerprint density at radius 2 is 1.92 bits per heavy atom. The van der Waals surface area contributed by atoms with Gasteiger partial charge in [0.2, 0.25) is 0 Å². The van der Waals surface area contributed by atoms with Crippen LogP contribution >= 0.6 is 11.8 Å². The van der Waals surface area contributed by atoms with E-state index in [9.17, 15) is 14.7 Å². The number of allylic oxidation sites excluding steroid dienone is 1. The highest BCUT2D eigenvalue weighted by molar-refractivity contribution is 7.99. The average Bonchev–Trinajstić information content (AvgIpc) is 3.31. The third-order valence-corrected chi connectivity index (χ3v) is 7.76. The third kappa shape index (κ3) is 4.07. The first-order valence-corrected chi connectivity index (χ1v) is 12.9. The summed E-state index contributed by atoms with van der Waals surface area (Å²) in [5.74, 6) is 0.263. The minimum absolute atomic E-state index is 0.310. The normalized spacial score (nSPS) is 17.7. The number of aliphatic carboxylic acids is 1. The van der Waals surface area contributed by atoms with Crippen LogP contribution in [0.1, 0.15) is 36.8 Å². The van der Waals surface area contributed by atoms with Crippen molar-refractivity contribution in [3.8, 4) is 22.6 Å². The summed E-state index contributed by atoms with van der Waals surface area (Å²) in [4.78, 5) is 28.3. The maximum absolute atomic E-state index is 12.9. The Balaban J connectivity index is 0.000000431. The molecule has 7 nitrogen and oxygen atoms in total. The van der Waals surface area contributed by atoms with Crippen LogP contribution in [0.5, 0.6) is 0 Å². The second-order valence-electron chi connectivity index (χ2n) is 8.98. The maximum atomic E-state index is 12.9. The maximum Gasteiger partial charge on any atom is 0.327 e. The van der Waals surface area contributed by atoms with Crippen LogP contribution in [-0.2, 0) is 4.79 Å². The van der Waals surface area contributed by atoms with Crippen LogP contribution in [0.3, 0.4) is 0 Å². The Morgan fingerprint density at radius 1 is 1.08 bits per heavy atom. The molecule has 2 aromatic carbocycles. The molecular weight excluding hydrogens is 474 g/mol. The number of carboxylic acids is 1. The molecule has 7 rings (SSSR count). The number of fused-ring (bicyclic) bond motifs is 2. The highest BCUT2D eigenvalue weighted by Crippen LogP contribution is 2.50. The summed E-state index contributed by atoms with van der Waals surface area (Å²) >= 11 is 1.45. The number of carboxylic acid groups (broad SMARTS) is 1. The van der Waals surface area contributed by atoms with E-state index in [-0.39, 0.29) is 5.56 Å². The Labute approximate surface area is 211 Å². The lowest BCUT2D eigenvalue weighted by molar-refractivity contribution is -0.140. The first-order valence-electron chi connectivity index (χ1n) is 11.9. The molecule has 8 heteroatoms. The first-order chi connectivity index (χ1) is 17.6. The Kier molecular flexibility index (Phi) is 5.81. The molecule has 1 atom stereocenters. The molecule has 0 saturated heterocycles. The molecular formula is C28H23N3O4S. The molecule has 36 heavy (non-hydrogen) atoms. The lowest BCUT2D eigenvalue weighted by Crippen LogP contribution is -2.29. The summed E-state index contributed by atoms with van der Waals surface area (Å²) < 4.78 is 7.17. The summed E-state index contributed by atoms with van der Waals surface area (Å²) in [7, 11) is 0. The molecule has 1 N–H and O–H groups in total. The lowest BCUT2D eigenvalue weighted by atomic mass is 10.00. The van der Waals surface area contributed by atoms with Gasteiger partial charge < -0.3 is 9.63 Å². The Hall–Kier alpha value is -3.91. The summed E-state index contributed by atoms with van der Waals surface area (Å²) in [5.41, 5.74) is 3.13. The van der Waals surface area contributed by atoms with Crippen LogP contribution in [0, 0.1) is 0 Å². The van der Waals surface area contributed by atoms with Crippen LogP contribution in [0.2, 0.25) is 0 Å². The molecule has 2 aromatic heterocycles. The van der Waals surface area contributed by atoms with Crippen LogP contribution in [0.15, 0.2) is 86.2 Å². The fraction of sp³-hybridized carbons (Fsp3) is 0.214. The number of benzene rings is 2. The van der Waals surface area contributed by atoms with E-state index in [0.29, 0.717) is 23.1 Å². The number of hydrogen-bond donors (Lipinski definition) is 1. The van der Waals surface area contributed by atoms with Gasteiger partial charge in [0.15, 0.2) is 5.76 Å². The fourth-order valence-corrected chi connectivity index (χ4v) is 6.12. The molecule has 3 aliphatic rings. The second kappa shape index (κ2) is 9.28. The van der Waals surface area contributed by atoms with E-state index in [2.05, 4.69) is 28.3 Å². The number of nitrogens with zero attached hydrogens (tertiary/aromatic N) is 3. The highest BCUT2D eigenvalue weighted by Gasteiger charge is 2.38. The van der Waals surface area contributed by atoms with Gasteiger partial charge in [-0.15, -0.1) is 11.8 Å². The van der Waals surface area contributed by atoms with Crippen molar-refractivity contribution < 1.29 is 14.4 Å². The molecule has 0 amide bonds. The highest BCUT2D eigenvalue weighted by atomic mass is 32.2. The van der Waals surface area contributed by atoms with E-state index >= 15 is 0 Å². The van der Waals surface area contributed by atoms with Crippen molar-refractivity contribution >= 4 is 34.7 Å². The molecule has 1 aliphatic carbocycles. The molecule has 2 aliphatic heterocycles. The van der Waals surface area contributed by atoms with Crippen molar-refractivity contribution in [1.29, 1.82) is 0 Å². The number of hydrogen-bond acceptors (Lipinski definition) is 6. The standard InChI is InChI=1S/C24H18N2O4S.C4H5N/c27-21-10-17(22(14-8-9-14)23-26(21)19(12-31-23)24(28)29)20-11-18(25-30-20)16-7-3-5-13-4-1-2-6-15(13)16;1-2-4-5-3-1/h1-7,10-11,14,19H,8-9,12H2,(H,28,29);1,3-4H,2H2. The van der Waals surface area contributed by atoms with Crippen molar-refractivity contribution in [2.24, 2.45) is 4.99 Å². The van der Waals surface area contributed by atoms with Gasteiger partial charge in [-0.3, -0.25) is 14.4 Å². The first kappa shape index (κ1) is 22.5. The van der Waals surface area contributed by atoms with Crippen molar-refractivity contribution in [3.63, 3.8) is 0 Å². The van der Waals surface area contributed by atoms with Gasteiger partial charge in [-0.1, -0.05) is 53.7 Å². The molecule has 4 heterocycles. The Bertz CT molecular complexity index is 1580. The van der Waals surface area contributed by atoms with E-state index in [1.807, 2.05) is 42.6 Å². The van der Waals surface area contributed by atoms with Gasteiger partial charge in [0.25, 0.3) is 5.56 Å². The molecule has 1 fully saturated rings. The summed E-state index contributed by atoms with van der Waals surface area (Å²) in [5, 5.41) is 16.8. The van der Waals surface area contributed by atoms with Gasteiger partial charge >= 0.3 is 5.97 Å². The van der Waals surface area contributed by atoms with Gasteiger partial charge in [0, 0.05) is 47.8 Å². The van der Waals surface area contributed by atoms with E-state index in [0.717, 1.165) is 51.8 Å². The van der Waals surface area contributed by atoms with Crippen molar-refractivity contribution in [1.82, 2.24) is 9.72 Å². The molecule has 1 unspecified atom stereocenters. The van der Waals surface area contributed by atoms with E-state index in [1.54, 1.807) is 6.20 Å². The van der Waals surface area contributed by atoms with Gasteiger partial charge in [0.1, 0.15) is 11.7 Å². The SMILES string of the molecule is C1=CN=CC1.O=C(O)C1CSc2c(C3CC3)c(-c3cc(-c4cccc5ccccc45)no3)cc(=O)n21. The quantitative estimate of drug-likeness (QED) is 0.377. The van der Waals surface area contributed by atoms with Gasteiger partial charge in [0.05, 0.1) is 5.03 Å². The predicted octanol–water partition coefficient (Wildman–Crippen LogP) is 5.91. The molecule has 0 radical (unpaired) electrons. The van der Waals surface area contributed by atoms with E-state index in [1.165, 1.54) is 22.4 Å². The van der Waals surface area contributed by atoms with E-state index < -0.39 is 12.0 Å². The van der Waals surface area contributed by atoms with E-state index in [4.69, 9.17) is 4.52 Å². The largest absolute Gasteiger partial charge is 0.480 e. The fourth-order valence-electron chi connectivity index (χ4n) is 4.72. The number of thioether (sulfide) groups is 1. The summed E-state index contributed by atoms with van der Waals surface area (Å²) in [6, 6.07) is 16.8. The number of aromatic nitrogens is 2. The monoisotopic (exact) mass is 497 g/mol. The number of rotatable bonds is 4. The van der Waals surface area contributed by atoms with Crippen LogP contribution in [0.25, 0.3) is 33.4 Å². The third-order valence-electron chi connectivity index (χ3n) is 6.58. The van der Waals surface area contributed by atoms with Crippen LogP contribution in [0.4, 0.5) is 0 Å². The zero-order chi connectivity index (χ0) is 24.6. The topological polar surface area (TPSA) is 97.7 Å². The number of pyridine rings is 1. The Morgan fingerprint density at radius 3 is 2.64 bits per heavy atom. The molecule has 1 saturated carbocycles. The smallest absolute Gasteiger partial charge is 0.327 e. The zero-order valence-electron chi connectivity index (χ0n) is 19.3. The molecule has 4 aromatic rings. The van der Waals surface area contributed by atoms with Crippen LogP contribution in [-0.4, -0.2) is 32.8 Å². The van der Waals surface area contributed by atoms with Gasteiger partial charge in [-0.05, 0) is 35.1 Å². The second-order valence-corrected chi connectivity index (χ2v) is 9.99. The molecule has 0 bridgehead atoms. The minimum Gasteiger partial charge on any atom is -0.480 e. The van der Waals surface area contributed by atoms with Crippen molar-refractivity contribution in [2.45, 2.75) is 36.2 Å². The summed E-state index contributed by atoms with van der Waals surface area (Å²) in [6.45, 7) is 0. The predicted molar refractivity (Wildman–Crippen MR) is 141 cm³/mol. The lowest BCUT2D eigenvalue weighted by Gasteiger charge is -2.14. The average molecular weight is 498 g/mol. The molecule has 180 valence electrons. The van der Waals surface area contributed by atoms with Gasteiger partial charge in [-0.2, -0.15) is 0 Å². The zero-order valence-corrected chi connectivity index (χ0v) is 20.1. The minimum atomic E-state index is -0.972. The van der Waals surface area contributed by atoms with Crippen molar-refractivity contribution in [3.05, 3.63) is 82.8 Å². The number of aliphatic imine (C=N–C) groups is 1. The van der Waals surface area contributed by atoms with Crippen LogP contribution < -0.4 is 5.56 Å². The van der Waals surface area contributed by atoms with Gasteiger partial charge in [-0.25, -0.2) is 4.79 Å². The molecule has 0 spiro atoms. The van der Waals surface area contributed by atoms with Crippen molar-refractivity contribution in [2.75, 3.05) is 5.75 Å². The number of carbonyl (C=O) groups is 1. The summed E-state index contributed by atoms with van der Waals surface area (Å²) in [6.07, 6.45) is 8.78.